The fourth-order valence-electron chi connectivity index (χ4n) is 5.18. The maximum atomic E-state index is 4.95. The Bertz CT molecular complexity index is 1020. The first-order chi connectivity index (χ1) is 15.3. The van der Waals surface area contributed by atoms with Crippen LogP contribution in [0.4, 0.5) is 5.95 Å². The number of piperidine rings is 1. The van der Waals surface area contributed by atoms with Crippen LogP contribution in [0.5, 0.6) is 0 Å². The summed E-state index contributed by atoms with van der Waals surface area (Å²) in [5.41, 5.74) is 6.29. The average molecular weight is 413 g/mol. The van der Waals surface area contributed by atoms with Crippen molar-refractivity contribution in [2.45, 2.75) is 51.0 Å². The van der Waals surface area contributed by atoms with Crippen LogP contribution >= 0.6 is 0 Å². The molecule has 2 heterocycles. The molecule has 0 amide bonds. The minimum absolute atomic E-state index is 0.360. The Hall–Kier alpha value is -2.72. The molecule has 1 saturated heterocycles. The van der Waals surface area contributed by atoms with Crippen molar-refractivity contribution in [1.82, 2.24) is 14.9 Å². The van der Waals surface area contributed by atoms with Gasteiger partial charge in [-0.05, 0) is 55.8 Å². The molecular weight excluding hydrogens is 380 g/mol. The Morgan fingerprint density at radius 2 is 1.87 bits per heavy atom. The third-order valence-electron chi connectivity index (χ3n) is 6.93. The second-order valence-electron chi connectivity index (χ2n) is 8.98. The monoisotopic (exact) mass is 412 g/mol. The number of nitrogens with one attached hydrogen (secondary N) is 1. The van der Waals surface area contributed by atoms with E-state index in [2.05, 4.69) is 76.7 Å². The summed E-state index contributed by atoms with van der Waals surface area (Å²) >= 11 is 0. The zero-order chi connectivity index (χ0) is 21.0. The fraction of sp³-hybridized carbons (Fsp3) is 0.407. The molecule has 0 bridgehead atoms. The van der Waals surface area contributed by atoms with Gasteiger partial charge in [-0.25, -0.2) is 9.97 Å². The van der Waals surface area contributed by atoms with Gasteiger partial charge < -0.3 is 10.2 Å². The molecule has 3 aromatic rings. The first-order valence-corrected chi connectivity index (χ1v) is 11.8. The van der Waals surface area contributed by atoms with Crippen LogP contribution in [0.3, 0.4) is 0 Å². The van der Waals surface area contributed by atoms with Gasteiger partial charge in [-0.1, -0.05) is 61.0 Å². The lowest BCUT2D eigenvalue weighted by Crippen LogP contribution is -2.38. The Balaban J connectivity index is 1.30. The Morgan fingerprint density at radius 3 is 2.74 bits per heavy atom. The molecule has 5 rings (SSSR count). The lowest BCUT2D eigenvalue weighted by atomic mass is 9.78. The SMILES string of the molecule is CC1CCCCN1CCCNc1ncc2c(n1)-c1ccccc1C(c1ccccc1)C2. The van der Waals surface area contributed by atoms with E-state index < -0.39 is 0 Å². The quantitative estimate of drug-likeness (QED) is 0.542. The van der Waals surface area contributed by atoms with Gasteiger partial charge >= 0.3 is 0 Å². The number of nitrogens with zero attached hydrogens (tertiary/aromatic N) is 3. The maximum absolute atomic E-state index is 4.95. The van der Waals surface area contributed by atoms with Gasteiger partial charge in [0, 0.05) is 36.8 Å². The van der Waals surface area contributed by atoms with Crippen molar-refractivity contribution in [3.05, 3.63) is 77.5 Å². The van der Waals surface area contributed by atoms with Crippen molar-refractivity contribution in [1.29, 1.82) is 0 Å². The van der Waals surface area contributed by atoms with E-state index in [-0.39, 0.29) is 0 Å². The van der Waals surface area contributed by atoms with E-state index in [0.717, 1.165) is 43.6 Å². The molecule has 1 aliphatic heterocycles. The highest BCUT2D eigenvalue weighted by Crippen LogP contribution is 2.41. The molecule has 4 heteroatoms. The standard InChI is InChI=1S/C27H32N4/c1-20-10-7-8-16-31(20)17-9-15-28-27-29-19-22-18-25(21-11-3-2-4-12-21)23-13-5-6-14-24(23)26(22)30-27/h2-6,11-14,19-20,25H,7-10,15-18H2,1H3,(H,28,29,30). The molecule has 2 unspecified atom stereocenters. The molecule has 0 spiro atoms. The second-order valence-corrected chi connectivity index (χ2v) is 8.98. The molecule has 0 saturated carbocycles. The molecule has 1 fully saturated rings. The van der Waals surface area contributed by atoms with E-state index in [0.29, 0.717) is 5.92 Å². The van der Waals surface area contributed by atoms with Gasteiger partial charge in [0.15, 0.2) is 0 Å². The van der Waals surface area contributed by atoms with Crippen molar-refractivity contribution in [3.63, 3.8) is 0 Å². The van der Waals surface area contributed by atoms with E-state index >= 15 is 0 Å². The van der Waals surface area contributed by atoms with Crippen LogP contribution in [0.25, 0.3) is 11.3 Å². The van der Waals surface area contributed by atoms with Crippen LogP contribution in [0.2, 0.25) is 0 Å². The Kier molecular flexibility index (Phi) is 5.99. The number of hydrogen-bond donors (Lipinski definition) is 1. The summed E-state index contributed by atoms with van der Waals surface area (Å²) in [6.07, 6.45) is 8.16. The van der Waals surface area contributed by atoms with E-state index in [1.54, 1.807) is 0 Å². The minimum Gasteiger partial charge on any atom is -0.354 e. The van der Waals surface area contributed by atoms with Crippen LogP contribution in [0.15, 0.2) is 60.8 Å². The van der Waals surface area contributed by atoms with Gasteiger partial charge in [-0.15, -0.1) is 0 Å². The zero-order valence-corrected chi connectivity index (χ0v) is 18.4. The molecular formula is C27H32N4. The summed E-state index contributed by atoms with van der Waals surface area (Å²) in [5.74, 6) is 1.11. The van der Waals surface area contributed by atoms with E-state index in [9.17, 15) is 0 Å². The maximum Gasteiger partial charge on any atom is 0.223 e. The van der Waals surface area contributed by atoms with E-state index in [4.69, 9.17) is 4.98 Å². The predicted molar refractivity (Wildman–Crippen MR) is 127 cm³/mol. The third kappa shape index (κ3) is 4.35. The third-order valence-corrected chi connectivity index (χ3v) is 6.93. The number of likely N-dealkylation sites (tertiary alicyclic amines) is 1. The second kappa shape index (κ2) is 9.19. The van der Waals surface area contributed by atoms with Crippen LogP contribution in [-0.2, 0) is 6.42 Å². The molecule has 0 radical (unpaired) electrons. The molecule has 2 atom stereocenters. The van der Waals surface area contributed by atoms with Gasteiger partial charge in [-0.2, -0.15) is 0 Å². The summed E-state index contributed by atoms with van der Waals surface area (Å²) in [5, 5.41) is 3.47. The lowest BCUT2D eigenvalue weighted by molar-refractivity contribution is 0.160. The highest BCUT2D eigenvalue weighted by molar-refractivity contribution is 5.72. The normalized spacial score (nSPS) is 20.7. The number of hydrogen-bond acceptors (Lipinski definition) is 4. The van der Waals surface area contributed by atoms with Crippen molar-refractivity contribution >= 4 is 5.95 Å². The van der Waals surface area contributed by atoms with Gasteiger partial charge in [0.25, 0.3) is 0 Å². The van der Waals surface area contributed by atoms with Crippen LogP contribution in [0.1, 0.15) is 55.2 Å². The first kappa shape index (κ1) is 20.2. The molecule has 1 N–H and O–H groups in total. The number of benzene rings is 2. The Labute approximate surface area is 185 Å². The van der Waals surface area contributed by atoms with Gasteiger partial charge in [0.1, 0.15) is 0 Å². The first-order valence-electron chi connectivity index (χ1n) is 11.8. The van der Waals surface area contributed by atoms with Crippen LogP contribution < -0.4 is 5.32 Å². The Morgan fingerprint density at radius 1 is 1.03 bits per heavy atom. The minimum atomic E-state index is 0.360. The smallest absolute Gasteiger partial charge is 0.223 e. The highest BCUT2D eigenvalue weighted by atomic mass is 15.2. The van der Waals surface area contributed by atoms with E-state index in [1.165, 1.54) is 48.1 Å². The summed E-state index contributed by atoms with van der Waals surface area (Å²) < 4.78 is 0. The highest BCUT2D eigenvalue weighted by Gasteiger charge is 2.27. The summed E-state index contributed by atoms with van der Waals surface area (Å²) in [7, 11) is 0. The topological polar surface area (TPSA) is 41.0 Å². The average Bonchev–Trinajstić information content (AvgIpc) is 2.83. The van der Waals surface area contributed by atoms with Crippen LogP contribution in [-0.4, -0.2) is 40.5 Å². The van der Waals surface area contributed by atoms with Gasteiger partial charge in [-0.3, -0.25) is 0 Å². The van der Waals surface area contributed by atoms with Crippen molar-refractivity contribution < 1.29 is 0 Å². The number of aromatic nitrogens is 2. The molecule has 4 nitrogen and oxygen atoms in total. The summed E-state index contributed by atoms with van der Waals surface area (Å²) in [6.45, 7) is 5.67. The molecule has 1 aliphatic carbocycles. The summed E-state index contributed by atoms with van der Waals surface area (Å²) in [6, 6.07) is 20.2. The van der Waals surface area contributed by atoms with Gasteiger partial charge in [0.05, 0.1) is 5.69 Å². The number of anilines is 1. The van der Waals surface area contributed by atoms with Crippen molar-refractivity contribution in [3.8, 4) is 11.3 Å². The number of rotatable bonds is 6. The largest absolute Gasteiger partial charge is 0.354 e. The van der Waals surface area contributed by atoms with Crippen LogP contribution in [0, 0.1) is 0 Å². The molecule has 1 aromatic heterocycles. The molecule has 2 aromatic carbocycles. The van der Waals surface area contributed by atoms with Crippen molar-refractivity contribution in [2.75, 3.05) is 25.0 Å². The van der Waals surface area contributed by atoms with Gasteiger partial charge in [0.2, 0.25) is 5.95 Å². The molecule has 160 valence electrons. The zero-order valence-electron chi connectivity index (χ0n) is 18.4. The van der Waals surface area contributed by atoms with E-state index in [1.807, 2.05) is 6.20 Å². The lowest BCUT2D eigenvalue weighted by Gasteiger charge is -2.33. The fourth-order valence-corrected chi connectivity index (χ4v) is 5.18. The molecule has 31 heavy (non-hydrogen) atoms. The van der Waals surface area contributed by atoms with Crippen molar-refractivity contribution in [2.24, 2.45) is 0 Å². The predicted octanol–water partition coefficient (Wildman–Crippen LogP) is 5.51. The molecule has 2 aliphatic rings. The summed E-state index contributed by atoms with van der Waals surface area (Å²) in [4.78, 5) is 12.2. The number of fused-ring (bicyclic) bond motifs is 3.